The van der Waals surface area contributed by atoms with E-state index in [1.165, 1.54) is 13.8 Å². The topological polar surface area (TPSA) is 109 Å². The van der Waals surface area contributed by atoms with Crippen LogP contribution < -0.4 is 0 Å². The number of rotatable bonds is 11. The van der Waals surface area contributed by atoms with Crippen LogP contribution in [-0.4, -0.2) is 47.9 Å². The summed E-state index contributed by atoms with van der Waals surface area (Å²) in [6.07, 6.45) is 2.23. The third-order valence-electron chi connectivity index (χ3n) is 2.78. The van der Waals surface area contributed by atoms with Gasteiger partial charge in [0.1, 0.15) is 0 Å². The molecule has 0 aromatic rings. The van der Waals surface area contributed by atoms with Crippen LogP contribution in [0.3, 0.4) is 0 Å². The van der Waals surface area contributed by atoms with Gasteiger partial charge in [-0.2, -0.15) is 16.8 Å². The Morgan fingerprint density at radius 1 is 0.800 bits per heavy atom. The first kappa shape index (κ1) is 20.5. The molecule has 0 aliphatic carbocycles. The number of hydrogen-bond acceptors (Lipinski definition) is 6. The lowest BCUT2D eigenvalue weighted by molar-refractivity contribution is 0.463. The van der Waals surface area contributed by atoms with E-state index in [2.05, 4.69) is 0 Å². The monoisotopic (exact) mass is 366 g/mol. The summed E-state index contributed by atoms with van der Waals surface area (Å²) >= 11 is 0. The van der Waals surface area contributed by atoms with Gasteiger partial charge < -0.3 is 0 Å². The quantitative estimate of drug-likeness (QED) is 0.326. The maximum Gasteiger partial charge on any atom is 0.267 e. The van der Waals surface area contributed by atoms with E-state index in [1.54, 1.807) is 21.6 Å². The molecule has 0 bridgehead atoms. The molecule has 10 heteroatoms. The highest BCUT2D eigenvalue weighted by molar-refractivity contribution is 8.76. The Bertz CT molecular complexity index is 414. The van der Waals surface area contributed by atoms with Crippen LogP contribution in [0.25, 0.3) is 0 Å². The van der Waals surface area contributed by atoms with Gasteiger partial charge in [0.25, 0.3) is 20.2 Å². The van der Waals surface area contributed by atoms with E-state index >= 15 is 0 Å². The molecule has 0 saturated carbocycles. The molecule has 20 heavy (non-hydrogen) atoms. The zero-order chi connectivity index (χ0) is 15.8. The van der Waals surface area contributed by atoms with Crippen molar-refractivity contribution in [1.29, 1.82) is 0 Å². The highest BCUT2D eigenvalue weighted by atomic mass is 33.1. The molecule has 0 fully saturated rings. The molecule has 0 saturated heterocycles. The minimum atomic E-state index is -3.92. The van der Waals surface area contributed by atoms with Crippen LogP contribution in [-0.2, 0) is 20.2 Å². The Hall–Kier alpha value is 0.520. The molecule has 0 spiro atoms. The first-order valence-corrected chi connectivity index (χ1v) is 11.7. The van der Waals surface area contributed by atoms with E-state index in [4.69, 9.17) is 9.11 Å². The van der Waals surface area contributed by atoms with Crippen LogP contribution in [0.2, 0.25) is 0 Å². The molecule has 2 atom stereocenters. The summed E-state index contributed by atoms with van der Waals surface area (Å²) in [6.45, 7) is 2.95. The molecule has 0 amide bonds. The molecular formula is C10H22O6S4. The van der Waals surface area contributed by atoms with E-state index in [1.807, 2.05) is 0 Å². The standard InChI is InChI=1S/C10H22O6S4/c1-9(19(11,12)13)5-3-7-17-18-8-4-6-10(2)20(14,15)16/h9-10H,3-8H2,1-2H3,(H,11,12,13)(H,14,15,16). The van der Waals surface area contributed by atoms with Crippen LogP contribution in [0.4, 0.5) is 0 Å². The van der Waals surface area contributed by atoms with Crippen molar-refractivity contribution in [3.8, 4) is 0 Å². The van der Waals surface area contributed by atoms with Gasteiger partial charge in [-0.1, -0.05) is 21.6 Å². The lowest BCUT2D eigenvalue weighted by atomic mass is 10.3. The van der Waals surface area contributed by atoms with Gasteiger partial charge in [0, 0.05) is 11.5 Å². The highest BCUT2D eigenvalue weighted by Gasteiger charge is 2.17. The van der Waals surface area contributed by atoms with Crippen molar-refractivity contribution in [2.24, 2.45) is 0 Å². The predicted octanol–water partition coefficient (Wildman–Crippen LogP) is 2.48. The van der Waals surface area contributed by atoms with Crippen LogP contribution in [0, 0.1) is 0 Å². The van der Waals surface area contributed by atoms with Crippen molar-refractivity contribution >= 4 is 41.8 Å². The van der Waals surface area contributed by atoms with Gasteiger partial charge in [0.05, 0.1) is 10.5 Å². The van der Waals surface area contributed by atoms with Gasteiger partial charge in [-0.05, 0) is 39.5 Å². The van der Waals surface area contributed by atoms with Crippen molar-refractivity contribution in [2.75, 3.05) is 11.5 Å². The summed E-state index contributed by atoms with van der Waals surface area (Å²) in [5, 5.41) is -1.47. The maximum atomic E-state index is 10.8. The van der Waals surface area contributed by atoms with E-state index in [9.17, 15) is 16.8 Å². The summed E-state index contributed by atoms with van der Waals surface area (Å²) in [4.78, 5) is 0. The van der Waals surface area contributed by atoms with E-state index in [-0.39, 0.29) is 0 Å². The fourth-order valence-electron chi connectivity index (χ4n) is 1.28. The summed E-state index contributed by atoms with van der Waals surface area (Å²) < 4.78 is 60.6. The van der Waals surface area contributed by atoms with Gasteiger partial charge in [-0.15, -0.1) is 0 Å². The molecule has 0 aliphatic rings. The lowest BCUT2D eigenvalue weighted by Gasteiger charge is -2.08. The molecule has 0 aromatic carbocycles. The van der Waals surface area contributed by atoms with Crippen molar-refractivity contribution in [3.05, 3.63) is 0 Å². The Balaban J connectivity index is 3.51. The Morgan fingerprint density at radius 3 is 1.35 bits per heavy atom. The van der Waals surface area contributed by atoms with Crippen LogP contribution in [0.1, 0.15) is 39.5 Å². The van der Waals surface area contributed by atoms with Gasteiger partial charge >= 0.3 is 0 Å². The molecular weight excluding hydrogens is 344 g/mol. The third kappa shape index (κ3) is 10.3. The second-order valence-electron chi connectivity index (χ2n) is 4.58. The summed E-state index contributed by atoms with van der Waals surface area (Å²) in [6, 6.07) is 0. The normalized spacial score (nSPS) is 16.0. The lowest BCUT2D eigenvalue weighted by Crippen LogP contribution is -2.16. The van der Waals surface area contributed by atoms with Crippen molar-refractivity contribution in [2.45, 2.75) is 50.0 Å². The average molecular weight is 367 g/mol. The largest absolute Gasteiger partial charge is 0.285 e. The van der Waals surface area contributed by atoms with E-state index in [0.717, 1.165) is 11.5 Å². The van der Waals surface area contributed by atoms with Crippen LogP contribution >= 0.6 is 21.6 Å². The van der Waals surface area contributed by atoms with E-state index in [0.29, 0.717) is 25.7 Å². The summed E-state index contributed by atoms with van der Waals surface area (Å²) in [5.41, 5.74) is 0. The molecule has 0 aromatic heterocycles. The van der Waals surface area contributed by atoms with Crippen molar-refractivity contribution in [3.63, 3.8) is 0 Å². The first-order chi connectivity index (χ1) is 9.05. The fourth-order valence-corrected chi connectivity index (χ4v) is 4.42. The average Bonchev–Trinajstić information content (AvgIpc) is 2.29. The minimum Gasteiger partial charge on any atom is -0.285 e. The molecule has 122 valence electrons. The molecule has 0 rings (SSSR count). The molecule has 2 N–H and O–H groups in total. The Morgan fingerprint density at radius 2 is 1.10 bits per heavy atom. The van der Waals surface area contributed by atoms with E-state index < -0.39 is 30.7 Å². The summed E-state index contributed by atoms with van der Waals surface area (Å²) in [7, 11) is -4.66. The third-order valence-corrected chi connectivity index (χ3v) is 7.86. The van der Waals surface area contributed by atoms with Crippen molar-refractivity contribution < 1.29 is 25.9 Å². The first-order valence-electron chi connectivity index (χ1n) is 6.22. The minimum absolute atomic E-state index is 0.423. The van der Waals surface area contributed by atoms with Crippen LogP contribution in [0.5, 0.6) is 0 Å². The smallest absolute Gasteiger partial charge is 0.267 e. The van der Waals surface area contributed by atoms with Crippen LogP contribution in [0.15, 0.2) is 0 Å². The van der Waals surface area contributed by atoms with Crippen molar-refractivity contribution in [1.82, 2.24) is 0 Å². The van der Waals surface area contributed by atoms with Gasteiger partial charge in [0.2, 0.25) is 0 Å². The van der Waals surface area contributed by atoms with Gasteiger partial charge in [-0.3, -0.25) is 9.11 Å². The number of hydrogen-bond donors (Lipinski definition) is 2. The molecule has 0 radical (unpaired) electrons. The van der Waals surface area contributed by atoms with Gasteiger partial charge in [0.15, 0.2) is 0 Å². The second kappa shape index (κ2) is 9.52. The predicted molar refractivity (Wildman–Crippen MR) is 85.4 cm³/mol. The Kier molecular flexibility index (Phi) is 9.77. The Labute approximate surface area is 129 Å². The fraction of sp³-hybridized carbons (Fsp3) is 1.00. The molecule has 0 heterocycles. The zero-order valence-corrected chi connectivity index (χ0v) is 14.8. The highest BCUT2D eigenvalue weighted by Crippen LogP contribution is 2.25. The molecule has 2 unspecified atom stereocenters. The van der Waals surface area contributed by atoms with Gasteiger partial charge in [-0.25, -0.2) is 0 Å². The zero-order valence-electron chi connectivity index (χ0n) is 11.6. The SMILES string of the molecule is CC(CCCSSCCCC(C)S(=O)(=O)O)S(=O)(=O)O. The molecule has 0 aliphatic heterocycles. The second-order valence-corrected chi connectivity index (χ2v) is 11.0. The summed E-state index contributed by atoms with van der Waals surface area (Å²) in [5.74, 6) is 1.55. The maximum absolute atomic E-state index is 10.8. The molecule has 6 nitrogen and oxygen atoms in total.